The summed E-state index contributed by atoms with van der Waals surface area (Å²) in [6.45, 7) is 3.37. The van der Waals surface area contributed by atoms with Crippen molar-refractivity contribution in [1.29, 1.82) is 0 Å². The molecule has 0 unspecified atom stereocenters. The van der Waals surface area contributed by atoms with E-state index in [-0.39, 0.29) is 6.03 Å². The second-order valence-electron chi connectivity index (χ2n) is 5.42. The fourth-order valence-corrected chi connectivity index (χ4v) is 2.60. The average Bonchev–Trinajstić information content (AvgIpc) is 2.46. The van der Waals surface area contributed by atoms with E-state index in [1.807, 2.05) is 30.3 Å². The molecule has 0 aliphatic heterocycles. The molecule has 0 bridgehead atoms. The van der Waals surface area contributed by atoms with Gasteiger partial charge in [0.05, 0.1) is 12.7 Å². The summed E-state index contributed by atoms with van der Waals surface area (Å²) in [5.74, 6) is 0.641. The second-order valence-corrected chi connectivity index (χ2v) is 5.42. The van der Waals surface area contributed by atoms with Gasteiger partial charge < -0.3 is 15.4 Å². The number of nitrogens with one attached hydrogen (secondary N) is 2. The molecular formula is C16H24N2O2. The second kappa shape index (κ2) is 7.90. The first kappa shape index (κ1) is 14.9. The lowest BCUT2D eigenvalue weighted by atomic mass is 9.88. The normalized spacial score (nSPS) is 22.2. The minimum absolute atomic E-state index is 0.184. The summed E-state index contributed by atoms with van der Waals surface area (Å²) < 4.78 is 5.85. The molecular weight excluding hydrogens is 252 g/mol. The van der Waals surface area contributed by atoms with Crippen LogP contribution in [-0.4, -0.2) is 25.3 Å². The Bertz CT molecular complexity index is 408. The Hall–Kier alpha value is -1.55. The maximum Gasteiger partial charge on any atom is 0.319 e. The van der Waals surface area contributed by atoms with Gasteiger partial charge in [0.15, 0.2) is 0 Å². The number of ether oxygens (including phenoxy) is 1. The molecule has 1 aliphatic rings. The van der Waals surface area contributed by atoms with Crippen molar-refractivity contribution in [3.8, 4) is 0 Å². The number of carbonyl (C=O) groups excluding carboxylic acids is 1. The van der Waals surface area contributed by atoms with Crippen LogP contribution in [0.3, 0.4) is 0 Å². The lowest BCUT2D eigenvalue weighted by Crippen LogP contribution is -2.34. The van der Waals surface area contributed by atoms with E-state index >= 15 is 0 Å². The molecule has 1 aromatic carbocycles. The van der Waals surface area contributed by atoms with Gasteiger partial charge in [-0.3, -0.25) is 0 Å². The molecule has 1 aromatic rings. The quantitative estimate of drug-likeness (QED) is 0.810. The van der Waals surface area contributed by atoms with E-state index in [4.69, 9.17) is 4.74 Å². The summed E-state index contributed by atoms with van der Waals surface area (Å²) in [6.07, 6.45) is 5.35. The van der Waals surface area contributed by atoms with Crippen LogP contribution in [0.15, 0.2) is 30.3 Å². The van der Waals surface area contributed by atoms with Crippen molar-refractivity contribution in [3.05, 3.63) is 30.3 Å². The zero-order valence-electron chi connectivity index (χ0n) is 12.1. The fraction of sp³-hybridized carbons (Fsp3) is 0.562. The highest BCUT2D eigenvalue weighted by molar-refractivity contribution is 5.89. The predicted octanol–water partition coefficient (Wildman–Crippen LogP) is 3.40. The van der Waals surface area contributed by atoms with Crippen LogP contribution in [0.2, 0.25) is 0 Å². The van der Waals surface area contributed by atoms with E-state index in [1.165, 1.54) is 19.3 Å². The minimum Gasteiger partial charge on any atom is -0.376 e. The van der Waals surface area contributed by atoms with Crippen LogP contribution in [0.5, 0.6) is 0 Å². The number of benzene rings is 1. The Labute approximate surface area is 120 Å². The number of hydrogen-bond acceptors (Lipinski definition) is 2. The van der Waals surface area contributed by atoms with Crippen molar-refractivity contribution in [2.75, 3.05) is 18.5 Å². The van der Waals surface area contributed by atoms with Crippen molar-refractivity contribution in [3.63, 3.8) is 0 Å². The van der Waals surface area contributed by atoms with Crippen molar-refractivity contribution in [1.82, 2.24) is 5.32 Å². The molecule has 1 saturated carbocycles. The summed E-state index contributed by atoms with van der Waals surface area (Å²) in [7, 11) is 0. The first-order valence-electron chi connectivity index (χ1n) is 7.47. The highest BCUT2D eigenvalue weighted by Crippen LogP contribution is 2.25. The molecule has 110 valence electrons. The Kier molecular flexibility index (Phi) is 5.87. The van der Waals surface area contributed by atoms with E-state index in [0.29, 0.717) is 25.2 Å². The first-order chi connectivity index (χ1) is 9.75. The molecule has 2 atom stereocenters. The summed E-state index contributed by atoms with van der Waals surface area (Å²) in [5.41, 5.74) is 0.798. The highest BCUT2D eigenvalue weighted by Gasteiger charge is 2.21. The molecule has 2 rings (SSSR count). The van der Waals surface area contributed by atoms with E-state index in [0.717, 1.165) is 12.1 Å². The van der Waals surface area contributed by atoms with Crippen molar-refractivity contribution in [2.24, 2.45) is 5.92 Å². The predicted molar refractivity (Wildman–Crippen MR) is 80.8 cm³/mol. The Morgan fingerprint density at radius 3 is 2.75 bits per heavy atom. The summed E-state index contributed by atoms with van der Waals surface area (Å²) >= 11 is 0. The molecule has 4 nitrogen and oxygen atoms in total. The van der Waals surface area contributed by atoms with Gasteiger partial charge in [0.1, 0.15) is 0 Å². The van der Waals surface area contributed by atoms with Crippen molar-refractivity contribution < 1.29 is 9.53 Å². The molecule has 0 heterocycles. The first-order valence-corrected chi connectivity index (χ1v) is 7.47. The van der Waals surface area contributed by atoms with Crippen LogP contribution in [-0.2, 0) is 4.74 Å². The van der Waals surface area contributed by atoms with Crippen LogP contribution >= 0.6 is 0 Å². The number of rotatable bonds is 5. The monoisotopic (exact) mass is 276 g/mol. The third kappa shape index (κ3) is 4.85. The van der Waals surface area contributed by atoms with Gasteiger partial charge in [-0.25, -0.2) is 4.79 Å². The lowest BCUT2D eigenvalue weighted by molar-refractivity contribution is -0.00232. The number of amides is 2. The molecule has 4 heteroatoms. The Morgan fingerprint density at radius 2 is 2.00 bits per heavy atom. The van der Waals surface area contributed by atoms with Crippen LogP contribution in [0, 0.1) is 5.92 Å². The van der Waals surface area contributed by atoms with Gasteiger partial charge in [-0.15, -0.1) is 0 Å². The van der Waals surface area contributed by atoms with Crippen molar-refractivity contribution >= 4 is 11.7 Å². The number of hydrogen-bond donors (Lipinski definition) is 2. The third-order valence-corrected chi connectivity index (χ3v) is 3.78. The standard InChI is InChI=1S/C16H24N2O2/c1-13-7-5-6-10-15(13)20-12-11-17-16(19)18-14-8-3-2-4-9-14/h2-4,8-9,13,15H,5-7,10-12H2,1H3,(H2,17,18,19)/t13-,15-/m1/s1. The Morgan fingerprint density at radius 1 is 1.25 bits per heavy atom. The van der Waals surface area contributed by atoms with Gasteiger partial charge >= 0.3 is 6.03 Å². The Balaban J connectivity index is 1.60. The van der Waals surface area contributed by atoms with E-state index < -0.39 is 0 Å². The topological polar surface area (TPSA) is 50.4 Å². The molecule has 1 aliphatic carbocycles. The SMILES string of the molecule is C[C@@H]1CCCC[C@H]1OCCNC(=O)Nc1ccccc1. The summed E-state index contributed by atoms with van der Waals surface area (Å²) in [6, 6.07) is 9.24. The van der Waals surface area contributed by atoms with Crippen LogP contribution in [0.4, 0.5) is 10.5 Å². The molecule has 2 amide bonds. The molecule has 2 N–H and O–H groups in total. The molecule has 1 fully saturated rings. The minimum atomic E-state index is -0.184. The maximum absolute atomic E-state index is 11.7. The molecule has 0 saturated heterocycles. The fourth-order valence-electron chi connectivity index (χ4n) is 2.60. The van der Waals surface area contributed by atoms with Gasteiger partial charge in [-0.2, -0.15) is 0 Å². The summed E-state index contributed by atoms with van der Waals surface area (Å²) in [4.78, 5) is 11.7. The maximum atomic E-state index is 11.7. The molecule has 0 spiro atoms. The molecule has 0 radical (unpaired) electrons. The van der Waals surface area contributed by atoms with Gasteiger partial charge in [0.25, 0.3) is 0 Å². The van der Waals surface area contributed by atoms with Gasteiger partial charge in [0, 0.05) is 12.2 Å². The number of carbonyl (C=O) groups is 1. The number of para-hydroxylation sites is 1. The molecule has 0 aromatic heterocycles. The zero-order chi connectivity index (χ0) is 14.2. The van der Waals surface area contributed by atoms with E-state index in [1.54, 1.807) is 0 Å². The largest absolute Gasteiger partial charge is 0.376 e. The zero-order valence-corrected chi connectivity index (χ0v) is 12.1. The van der Waals surface area contributed by atoms with E-state index in [2.05, 4.69) is 17.6 Å². The third-order valence-electron chi connectivity index (χ3n) is 3.78. The smallest absolute Gasteiger partial charge is 0.319 e. The average molecular weight is 276 g/mol. The van der Waals surface area contributed by atoms with Gasteiger partial charge in [-0.05, 0) is 30.9 Å². The number of urea groups is 1. The van der Waals surface area contributed by atoms with Crippen LogP contribution < -0.4 is 10.6 Å². The lowest BCUT2D eigenvalue weighted by Gasteiger charge is -2.28. The molecule has 20 heavy (non-hydrogen) atoms. The van der Waals surface area contributed by atoms with Crippen LogP contribution in [0.25, 0.3) is 0 Å². The van der Waals surface area contributed by atoms with E-state index in [9.17, 15) is 4.79 Å². The van der Waals surface area contributed by atoms with Crippen LogP contribution in [0.1, 0.15) is 32.6 Å². The van der Waals surface area contributed by atoms with Gasteiger partial charge in [0.2, 0.25) is 0 Å². The summed E-state index contributed by atoms with van der Waals surface area (Å²) in [5, 5.41) is 5.59. The highest BCUT2D eigenvalue weighted by atomic mass is 16.5. The number of anilines is 1. The van der Waals surface area contributed by atoms with Crippen molar-refractivity contribution in [2.45, 2.75) is 38.7 Å². The van der Waals surface area contributed by atoms with Gasteiger partial charge in [-0.1, -0.05) is 38.0 Å².